The van der Waals surface area contributed by atoms with Crippen LogP contribution in [-0.2, 0) is 4.74 Å². The molecule has 3 rings (SSSR count). The van der Waals surface area contributed by atoms with E-state index in [1.807, 2.05) is 31.3 Å². The first-order chi connectivity index (χ1) is 9.36. The van der Waals surface area contributed by atoms with Gasteiger partial charge in [-0.1, -0.05) is 17.3 Å². The van der Waals surface area contributed by atoms with E-state index in [0.29, 0.717) is 12.1 Å². The lowest BCUT2D eigenvalue weighted by atomic mass is 9.89. The number of aromatic nitrogens is 3. The zero-order valence-corrected chi connectivity index (χ0v) is 11.0. The highest BCUT2D eigenvalue weighted by Gasteiger charge is 2.29. The number of nitrogens with one attached hydrogen (secondary N) is 1. The molecule has 5 heteroatoms. The fraction of sp³-hybridized carbons (Fsp3) is 0.429. The highest BCUT2D eigenvalue weighted by Crippen LogP contribution is 2.29. The van der Waals surface area contributed by atoms with E-state index in [4.69, 9.17) is 4.74 Å². The van der Waals surface area contributed by atoms with E-state index in [1.165, 1.54) is 0 Å². The summed E-state index contributed by atoms with van der Waals surface area (Å²) in [6.07, 6.45) is 6.09. The predicted molar refractivity (Wildman–Crippen MR) is 73.4 cm³/mol. The van der Waals surface area contributed by atoms with Crippen LogP contribution in [-0.4, -0.2) is 33.7 Å². The van der Waals surface area contributed by atoms with Crippen LogP contribution in [0.15, 0.2) is 36.7 Å². The van der Waals surface area contributed by atoms with Gasteiger partial charge in [-0.15, -0.1) is 5.10 Å². The number of rotatable bonds is 5. The summed E-state index contributed by atoms with van der Waals surface area (Å²) in [5.41, 5.74) is 2.12. The minimum Gasteiger partial charge on any atom is -0.380 e. The van der Waals surface area contributed by atoms with E-state index in [-0.39, 0.29) is 0 Å². The molecule has 1 aliphatic rings. The molecule has 1 aromatic heterocycles. The molecule has 1 aromatic carbocycles. The average molecular weight is 258 g/mol. The predicted octanol–water partition coefficient (Wildman–Crippen LogP) is 2.25. The highest BCUT2D eigenvalue weighted by molar-refractivity contribution is 5.61. The second kappa shape index (κ2) is 5.40. The van der Waals surface area contributed by atoms with Crippen LogP contribution < -0.4 is 5.32 Å². The summed E-state index contributed by atoms with van der Waals surface area (Å²) in [5.74, 6) is 0. The van der Waals surface area contributed by atoms with Crippen molar-refractivity contribution in [3.05, 3.63) is 36.7 Å². The smallest absolute Gasteiger partial charge is 0.0894 e. The number of ether oxygens (including phenoxy) is 1. The van der Waals surface area contributed by atoms with Crippen LogP contribution >= 0.6 is 0 Å². The van der Waals surface area contributed by atoms with Gasteiger partial charge in [0.05, 0.1) is 29.9 Å². The Morgan fingerprint density at radius 2 is 2.21 bits per heavy atom. The minimum absolute atomic E-state index is 0.418. The fourth-order valence-corrected chi connectivity index (χ4v) is 2.41. The molecule has 1 N–H and O–H groups in total. The Bertz CT molecular complexity index is 520. The monoisotopic (exact) mass is 258 g/mol. The molecule has 0 unspecified atom stereocenters. The first kappa shape index (κ1) is 12.2. The lowest BCUT2D eigenvalue weighted by Gasteiger charge is -2.36. The molecule has 1 fully saturated rings. The molecular weight excluding hydrogens is 240 g/mol. The largest absolute Gasteiger partial charge is 0.380 e. The summed E-state index contributed by atoms with van der Waals surface area (Å²) in [6, 6.07) is 8.63. The van der Waals surface area contributed by atoms with Crippen molar-refractivity contribution in [1.82, 2.24) is 15.0 Å². The van der Waals surface area contributed by atoms with Gasteiger partial charge in [0.15, 0.2) is 0 Å². The first-order valence-corrected chi connectivity index (χ1v) is 6.70. The number of hydrogen-bond donors (Lipinski definition) is 1. The van der Waals surface area contributed by atoms with Gasteiger partial charge in [0.1, 0.15) is 0 Å². The van der Waals surface area contributed by atoms with Crippen molar-refractivity contribution in [3.8, 4) is 5.69 Å². The molecule has 0 spiro atoms. The van der Waals surface area contributed by atoms with E-state index in [0.717, 1.165) is 30.8 Å². The van der Waals surface area contributed by atoms with E-state index in [2.05, 4.69) is 21.7 Å². The van der Waals surface area contributed by atoms with Crippen molar-refractivity contribution in [2.24, 2.45) is 0 Å². The standard InChI is InChI=1S/C14H18N4O/c1-2-19-12-9-11(10-12)16-13-5-3-4-6-14(13)18-8-7-15-17-18/h3-8,11-12,16H,2,9-10H2,1H3. The summed E-state index contributed by atoms with van der Waals surface area (Å²) in [5, 5.41) is 11.5. The van der Waals surface area contributed by atoms with Crippen molar-refractivity contribution >= 4 is 5.69 Å². The lowest BCUT2D eigenvalue weighted by Crippen LogP contribution is -2.41. The van der Waals surface area contributed by atoms with Crippen LogP contribution in [0.25, 0.3) is 5.69 Å². The van der Waals surface area contributed by atoms with Crippen LogP contribution in [0.1, 0.15) is 19.8 Å². The molecule has 1 aliphatic carbocycles. The van der Waals surface area contributed by atoms with Gasteiger partial charge in [-0.25, -0.2) is 4.68 Å². The summed E-state index contributed by atoms with van der Waals surface area (Å²) in [4.78, 5) is 0. The maximum atomic E-state index is 5.58. The Labute approximate surface area is 112 Å². The maximum absolute atomic E-state index is 5.58. The number of benzene rings is 1. The second-order valence-electron chi connectivity index (χ2n) is 4.75. The zero-order chi connectivity index (χ0) is 13.1. The molecule has 0 saturated heterocycles. The normalized spacial score (nSPS) is 21.9. The molecule has 5 nitrogen and oxygen atoms in total. The van der Waals surface area contributed by atoms with E-state index >= 15 is 0 Å². The van der Waals surface area contributed by atoms with E-state index < -0.39 is 0 Å². The minimum atomic E-state index is 0.418. The fourth-order valence-electron chi connectivity index (χ4n) is 2.41. The van der Waals surface area contributed by atoms with Crippen LogP contribution in [0.4, 0.5) is 5.69 Å². The first-order valence-electron chi connectivity index (χ1n) is 6.70. The number of anilines is 1. The molecule has 100 valence electrons. The van der Waals surface area contributed by atoms with Gasteiger partial charge in [-0.3, -0.25) is 0 Å². The molecule has 19 heavy (non-hydrogen) atoms. The topological polar surface area (TPSA) is 52.0 Å². The molecule has 2 aromatic rings. The molecule has 0 amide bonds. The van der Waals surface area contributed by atoms with Crippen molar-refractivity contribution in [3.63, 3.8) is 0 Å². The van der Waals surface area contributed by atoms with Crippen LogP contribution in [0, 0.1) is 0 Å². The quantitative estimate of drug-likeness (QED) is 0.893. The van der Waals surface area contributed by atoms with Gasteiger partial charge < -0.3 is 10.1 Å². The van der Waals surface area contributed by atoms with Crippen molar-refractivity contribution in [2.75, 3.05) is 11.9 Å². The van der Waals surface area contributed by atoms with Gasteiger partial charge in [0.25, 0.3) is 0 Å². The molecule has 1 heterocycles. The molecular formula is C14H18N4O. The number of nitrogens with zero attached hydrogens (tertiary/aromatic N) is 3. The maximum Gasteiger partial charge on any atom is 0.0894 e. The summed E-state index contributed by atoms with van der Waals surface area (Å²) < 4.78 is 7.36. The third-order valence-corrected chi connectivity index (χ3v) is 3.43. The van der Waals surface area contributed by atoms with Crippen molar-refractivity contribution in [1.29, 1.82) is 0 Å². The molecule has 0 atom stereocenters. The summed E-state index contributed by atoms with van der Waals surface area (Å²) in [7, 11) is 0. The van der Waals surface area contributed by atoms with Crippen LogP contribution in [0.3, 0.4) is 0 Å². The molecule has 0 bridgehead atoms. The molecule has 0 aliphatic heterocycles. The van der Waals surface area contributed by atoms with Crippen LogP contribution in [0.5, 0.6) is 0 Å². The SMILES string of the molecule is CCOC1CC(Nc2ccccc2-n2ccnn2)C1. The average Bonchev–Trinajstić information content (AvgIpc) is 2.91. The second-order valence-corrected chi connectivity index (χ2v) is 4.75. The van der Waals surface area contributed by atoms with Gasteiger partial charge >= 0.3 is 0 Å². The van der Waals surface area contributed by atoms with Gasteiger partial charge in [-0.2, -0.15) is 0 Å². The third-order valence-electron chi connectivity index (χ3n) is 3.43. The van der Waals surface area contributed by atoms with Gasteiger partial charge in [-0.05, 0) is 31.9 Å². The number of para-hydroxylation sites is 2. The third kappa shape index (κ3) is 2.61. The highest BCUT2D eigenvalue weighted by atomic mass is 16.5. The summed E-state index contributed by atoms with van der Waals surface area (Å²) in [6.45, 7) is 2.84. The Hall–Kier alpha value is -1.88. The lowest BCUT2D eigenvalue weighted by molar-refractivity contribution is 0.00299. The Morgan fingerprint density at radius 1 is 1.37 bits per heavy atom. The van der Waals surface area contributed by atoms with Crippen molar-refractivity contribution < 1.29 is 4.74 Å². The van der Waals surface area contributed by atoms with E-state index in [1.54, 1.807) is 10.9 Å². The Kier molecular flexibility index (Phi) is 3.46. The van der Waals surface area contributed by atoms with E-state index in [9.17, 15) is 0 Å². The molecule has 1 saturated carbocycles. The van der Waals surface area contributed by atoms with Gasteiger partial charge in [0.2, 0.25) is 0 Å². The van der Waals surface area contributed by atoms with Gasteiger partial charge in [0, 0.05) is 12.6 Å². The van der Waals surface area contributed by atoms with Crippen LogP contribution in [0.2, 0.25) is 0 Å². The summed E-state index contributed by atoms with van der Waals surface area (Å²) >= 11 is 0. The van der Waals surface area contributed by atoms with Crippen molar-refractivity contribution in [2.45, 2.75) is 31.9 Å². The number of hydrogen-bond acceptors (Lipinski definition) is 4. The Morgan fingerprint density at radius 3 is 2.95 bits per heavy atom. The Balaban J connectivity index is 1.69. The zero-order valence-electron chi connectivity index (χ0n) is 11.0. The molecule has 0 radical (unpaired) electrons.